The first-order valence-corrected chi connectivity index (χ1v) is 12.1. The molecular weight excluding hydrogens is 426 g/mol. The Bertz CT molecular complexity index is 1180. The number of sulfonamides is 1. The van der Waals surface area contributed by atoms with Crippen molar-refractivity contribution >= 4 is 21.4 Å². The second-order valence-electron chi connectivity index (χ2n) is 8.32. The van der Waals surface area contributed by atoms with Crippen LogP contribution in [-0.2, 0) is 10.0 Å². The van der Waals surface area contributed by atoms with E-state index >= 15 is 0 Å². The van der Waals surface area contributed by atoms with Crippen LogP contribution in [0.25, 0.3) is 11.3 Å². The minimum atomic E-state index is -3.82. The number of aryl methyl sites for hydroxylation is 1. The van der Waals surface area contributed by atoms with E-state index < -0.39 is 10.0 Å². The summed E-state index contributed by atoms with van der Waals surface area (Å²) in [5.41, 5.74) is 2.83. The third-order valence-electron chi connectivity index (χ3n) is 5.62. The van der Waals surface area contributed by atoms with Crippen LogP contribution in [0.4, 0.5) is 11.4 Å². The van der Waals surface area contributed by atoms with Crippen molar-refractivity contribution < 1.29 is 17.6 Å². The zero-order valence-corrected chi connectivity index (χ0v) is 19.6. The molecule has 3 aromatic rings. The normalized spacial score (nSPS) is 19.1. The van der Waals surface area contributed by atoms with Crippen LogP contribution in [0.2, 0.25) is 0 Å². The highest BCUT2D eigenvalue weighted by molar-refractivity contribution is 7.92. The summed E-state index contributed by atoms with van der Waals surface area (Å²) in [5.74, 6) is 1.16. The topological polar surface area (TPSA) is 83.8 Å². The summed E-state index contributed by atoms with van der Waals surface area (Å²) in [4.78, 5) is 2.47. The number of ether oxygens (including phenoxy) is 1. The highest BCUT2D eigenvalue weighted by atomic mass is 32.2. The van der Waals surface area contributed by atoms with Gasteiger partial charge in [0, 0.05) is 36.4 Å². The van der Waals surface area contributed by atoms with Crippen molar-refractivity contribution in [1.82, 2.24) is 5.32 Å². The van der Waals surface area contributed by atoms with E-state index in [0.717, 1.165) is 24.3 Å². The van der Waals surface area contributed by atoms with Gasteiger partial charge in [-0.05, 0) is 74.9 Å². The Morgan fingerprint density at radius 2 is 1.84 bits per heavy atom. The summed E-state index contributed by atoms with van der Waals surface area (Å²) in [7, 11) is -2.29. The lowest BCUT2D eigenvalue weighted by Gasteiger charge is -2.38. The Labute approximate surface area is 189 Å². The fourth-order valence-electron chi connectivity index (χ4n) is 4.26. The monoisotopic (exact) mass is 455 g/mol. The van der Waals surface area contributed by atoms with E-state index in [1.807, 2.05) is 24.3 Å². The van der Waals surface area contributed by atoms with Crippen LogP contribution < -0.4 is 19.7 Å². The zero-order chi connectivity index (χ0) is 22.9. The molecule has 170 valence electrons. The molecule has 2 N–H and O–H groups in total. The summed E-state index contributed by atoms with van der Waals surface area (Å²) in [6.45, 7) is 7.75. The van der Waals surface area contributed by atoms with E-state index in [1.165, 1.54) is 7.11 Å². The van der Waals surface area contributed by atoms with Gasteiger partial charge in [0.05, 0.1) is 24.0 Å². The first-order valence-electron chi connectivity index (χ1n) is 10.6. The van der Waals surface area contributed by atoms with Gasteiger partial charge in [-0.25, -0.2) is 8.42 Å². The van der Waals surface area contributed by atoms with Gasteiger partial charge in [-0.1, -0.05) is 0 Å². The summed E-state index contributed by atoms with van der Waals surface area (Å²) in [5, 5.41) is 3.51. The van der Waals surface area contributed by atoms with Gasteiger partial charge in [0.2, 0.25) is 0 Å². The molecule has 0 aliphatic carbocycles. The van der Waals surface area contributed by atoms with Crippen LogP contribution >= 0.6 is 0 Å². The number of hydrogen-bond donors (Lipinski definition) is 2. The molecule has 0 amide bonds. The average molecular weight is 456 g/mol. The number of rotatable bonds is 6. The molecule has 0 radical (unpaired) electrons. The molecule has 0 bridgehead atoms. The molecule has 8 heteroatoms. The number of furan rings is 1. The van der Waals surface area contributed by atoms with Crippen molar-refractivity contribution in [3.63, 3.8) is 0 Å². The number of piperazine rings is 1. The number of benzene rings is 2. The van der Waals surface area contributed by atoms with Crippen LogP contribution in [0.5, 0.6) is 5.75 Å². The number of methoxy groups -OCH3 is 1. The SMILES string of the molecule is COc1ccc(N2C[C@@H](C)N[C@@H](C)C2)cc1NS(=O)(=O)c1ccc(-c2ccco2)cc1C. The fourth-order valence-corrected chi connectivity index (χ4v) is 5.55. The van der Waals surface area contributed by atoms with E-state index in [1.54, 1.807) is 37.5 Å². The molecule has 1 saturated heterocycles. The lowest BCUT2D eigenvalue weighted by molar-refractivity contribution is 0.406. The number of nitrogens with zero attached hydrogens (tertiary/aromatic N) is 1. The largest absolute Gasteiger partial charge is 0.495 e. The molecule has 32 heavy (non-hydrogen) atoms. The zero-order valence-electron chi connectivity index (χ0n) is 18.8. The van der Waals surface area contributed by atoms with E-state index in [-0.39, 0.29) is 4.90 Å². The minimum Gasteiger partial charge on any atom is -0.495 e. The molecule has 1 aliphatic rings. The van der Waals surface area contributed by atoms with Gasteiger partial charge in [0.15, 0.2) is 0 Å². The molecule has 0 spiro atoms. The maximum atomic E-state index is 13.3. The minimum absolute atomic E-state index is 0.213. The van der Waals surface area contributed by atoms with Gasteiger partial charge >= 0.3 is 0 Å². The Morgan fingerprint density at radius 3 is 2.47 bits per heavy atom. The summed E-state index contributed by atoms with van der Waals surface area (Å²) < 4.78 is 40.1. The van der Waals surface area contributed by atoms with Crippen molar-refractivity contribution in [2.24, 2.45) is 0 Å². The van der Waals surface area contributed by atoms with Crippen molar-refractivity contribution in [3.05, 3.63) is 60.4 Å². The molecule has 0 saturated carbocycles. The van der Waals surface area contributed by atoms with Crippen molar-refractivity contribution in [2.75, 3.05) is 29.8 Å². The number of hydrogen-bond acceptors (Lipinski definition) is 6. The first-order chi connectivity index (χ1) is 15.3. The molecule has 1 fully saturated rings. The van der Waals surface area contributed by atoms with E-state index in [0.29, 0.717) is 34.8 Å². The Hall–Kier alpha value is -2.97. The van der Waals surface area contributed by atoms with E-state index in [9.17, 15) is 8.42 Å². The average Bonchev–Trinajstić information content (AvgIpc) is 3.27. The Balaban J connectivity index is 1.64. The van der Waals surface area contributed by atoms with Gasteiger partial charge < -0.3 is 19.4 Å². The van der Waals surface area contributed by atoms with Gasteiger partial charge in [-0.3, -0.25) is 4.72 Å². The van der Waals surface area contributed by atoms with Crippen LogP contribution in [0.3, 0.4) is 0 Å². The maximum absolute atomic E-state index is 13.3. The van der Waals surface area contributed by atoms with E-state index in [4.69, 9.17) is 9.15 Å². The van der Waals surface area contributed by atoms with Crippen LogP contribution in [0.1, 0.15) is 19.4 Å². The maximum Gasteiger partial charge on any atom is 0.262 e. The molecular formula is C24H29N3O4S. The smallest absolute Gasteiger partial charge is 0.262 e. The molecule has 0 unspecified atom stereocenters. The van der Waals surface area contributed by atoms with Crippen molar-refractivity contribution in [3.8, 4) is 17.1 Å². The van der Waals surface area contributed by atoms with Crippen molar-refractivity contribution in [2.45, 2.75) is 37.8 Å². The fraction of sp³-hybridized carbons (Fsp3) is 0.333. The standard InChI is InChI=1S/C24H29N3O4S/c1-16-12-19(22-6-5-11-31-22)7-10-24(16)32(28,29)26-21-13-20(8-9-23(21)30-4)27-14-17(2)25-18(3)15-27/h5-13,17-18,25-26H,14-15H2,1-4H3/t17-,18+. The third-order valence-corrected chi connectivity index (χ3v) is 7.15. The predicted octanol–water partition coefficient (Wildman–Crippen LogP) is 4.25. The van der Waals surface area contributed by atoms with E-state index in [2.05, 4.69) is 28.8 Å². The third kappa shape index (κ3) is 4.61. The predicted molar refractivity (Wildman–Crippen MR) is 127 cm³/mol. The Kier molecular flexibility index (Phi) is 6.17. The first kappa shape index (κ1) is 22.2. The quantitative estimate of drug-likeness (QED) is 0.578. The summed E-state index contributed by atoms with van der Waals surface area (Å²) >= 11 is 0. The highest BCUT2D eigenvalue weighted by Crippen LogP contribution is 2.33. The molecule has 2 aromatic carbocycles. The molecule has 2 atom stereocenters. The Morgan fingerprint density at radius 1 is 1.09 bits per heavy atom. The summed E-state index contributed by atoms with van der Waals surface area (Å²) in [6.07, 6.45) is 1.59. The molecule has 1 aliphatic heterocycles. The van der Waals surface area contributed by atoms with Crippen LogP contribution in [0.15, 0.2) is 64.1 Å². The molecule has 1 aromatic heterocycles. The van der Waals surface area contributed by atoms with Gasteiger partial charge in [0.1, 0.15) is 11.5 Å². The second-order valence-corrected chi connectivity index (χ2v) is 9.97. The molecule has 4 rings (SSSR count). The number of anilines is 2. The highest BCUT2D eigenvalue weighted by Gasteiger charge is 2.24. The molecule has 7 nitrogen and oxygen atoms in total. The van der Waals surface area contributed by atoms with Crippen LogP contribution in [-0.4, -0.2) is 40.7 Å². The number of nitrogens with one attached hydrogen (secondary N) is 2. The molecule has 2 heterocycles. The summed E-state index contributed by atoms with van der Waals surface area (Å²) in [6, 6.07) is 15.1. The van der Waals surface area contributed by atoms with Crippen LogP contribution in [0, 0.1) is 6.92 Å². The lowest BCUT2D eigenvalue weighted by atomic mass is 10.1. The second kappa shape index (κ2) is 8.88. The lowest BCUT2D eigenvalue weighted by Crippen LogP contribution is -2.54. The van der Waals surface area contributed by atoms with Gasteiger partial charge in [-0.2, -0.15) is 0 Å². The van der Waals surface area contributed by atoms with Gasteiger partial charge in [0.25, 0.3) is 10.0 Å². The van der Waals surface area contributed by atoms with Crippen molar-refractivity contribution in [1.29, 1.82) is 0 Å². The van der Waals surface area contributed by atoms with Gasteiger partial charge in [-0.15, -0.1) is 0 Å².